The van der Waals surface area contributed by atoms with Crippen LogP contribution in [-0.2, 0) is 0 Å². The van der Waals surface area contributed by atoms with Crippen molar-refractivity contribution < 1.29 is 9.59 Å². The number of piperazine rings is 2. The summed E-state index contributed by atoms with van der Waals surface area (Å²) in [5.74, 6) is -0.215. The molecule has 3 heterocycles. The van der Waals surface area contributed by atoms with Crippen LogP contribution < -0.4 is 0 Å². The molecule has 7 nitrogen and oxygen atoms in total. The number of pyridine rings is 1. The Labute approximate surface area is 237 Å². The SMILES string of the molecule is O=C(c1cccc(C(=O)N2CCN(C/C=C/c3ccccc3)CC2)n1)N1CCN(C/C=C/c2ccccc2)CC1. The Morgan fingerprint density at radius 3 is 1.35 bits per heavy atom. The molecule has 0 bridgehead atoms. The Morgan fingerprint density at radius 2 is 0.950 bits per heavy atom. The second-order valence-electron chi connectivity index (χ2n) is 10.2. The Bertz CT molecular complexity index is 1210. The maximum atomic E-state index is 13.2. The summed E-state index contributed by atoms with van der Waals surface area (Å²) in [5, 5.41) is 0. The summed E-state index contributed by atoms with van der Waals surface area (Å²) in [6.07, 6.45) is 8.61. The molecule has 2 saturated heterocycles. The smallest absolute Gasteiger partial charge is 0.272 e. The lowest BCUT2D eigenvalue weighted by Crippen LogP contribution is -2.49. The minimum absolute atomic E-state index is 0.107. The van der Waals surface area contributed by atoms with Crippen LogP contribution in [-0.4, -0.2) is 102 Å². The Balaban J connectivity index is 1.08. The van der Waals surface area contributed by atoms with Crippen molar-refractivity contribution in [2.24, 2.45) is 0 Å². The number of nitrogens with zero attached hydrogens (tertiary/aromatic N) is 5. The molecule has 0 N–H and O–H groups in total. The van der Waals surface area contributed by atoms with Gasteiger partial charge in [-0.15, -0.1) is 0 Å². The van der Waals surface area contributed by atoms with E-state index in [4.69, 9.17) is 0 Å². The van der Waals surface area contributed by atoms with Gasteiger partial charge in [-0.25, -0.2) is 4.98 Å². The van der Waals surface area contributed by atoms with E-state index in [1.165, 1.54) is 11.1 Å². The second-order valence-corrected chi connectivity index (χ2v) is 10.2. The molecule has 0 radical (unpaired) electrons. The predicted octanol–water partition coefficient (Wildman–Crippen LogP) is 4.02. The number of hydrogen-bond donors (Lipinski definition) is 0. The van der Waals surface area contributed by atoms with Crippen LogP contribution in [0, 0.1) is 0 Å². The van der Waals surface area contributed by atoms with Gasteiger partial charge in [0.2, 0.25) is 0 Å². The van der Waals surface area contributed by atoms with Gasteiger partial charge >= 0.3 is 0 Å². The van der Waals surface area contributed by atoms with Crippen molar-refractivity contribution in [1.82, 2.24) is 24.6 Å². The summed E-state index contributed by atoms with van der Waals surface area (Å²) in [5.41, 5.74) is 3.06. The lowest BCUT2D eigenvalue weighted by Gasteiger charge is -2.34. The molecule has 2 aliphatic rings. The molecule has 2 amide bonds. The molecular formula is C33H37N5O2. The molecule has 5 rings (SSSR count). The summed E-state index contributed by atoms with van der Waals surface area (Å²) >= 11 is 0. The van der Waals surface area contributed by atoms with Gasteiger partial charge < -0.3 is 9.80 Å². The van der Waals surface area contributed by atoms with Gasteiger partial charge in [0.15, 0.2) is 0 Å². The molecule has 0 saturated carbocycles. The molecule has 2 fully saturated rings. The molecule has 1 aromatic heterocycles. The summed E-state index contributed by atoms with van der Waals surface area (Å²) in [7, 11) is 0. The standard InChI is InChI=1S/C33H37N5O2/c39-32(37-24-20-35(21-25-37)18-8-14-28-10-3-1-4-11-28)30-16-7-17-31(34-30)33(40)38-26-22-36(23-27-38)19-9-15-29-12-5-2-6-13-29/h1-17H,18-27H2/b14-8+,15-9+. The van der Waals surface area contributed by atoms with Gasteiger partial charge in [0.05, 0.1) is 0 Å². The van der Waals surface area contributed by atoms with E-state index in [0.717, 1.165) is 39.3 Å². The van der Waals surface area contributed by atoms with Crippen molar-refractivity contribution in [2.45, 2.75) is 0 Å². The van der Waals surface area contributed by atoms with E-state index in [2.05, 4.69) is 63.4 Å². The van der Waals surface area contributed by atoms with Crippen LogP contribution >= 0.6 is 0 Å². The maximum Gasteiger partial charge on any atom is 0.272 e. The molecule has 0 spiro atoms. The maximum absolute atomic E-state index is 13.2. The van der Waals surface area contributed by atoms with E-state index >= 15 is 0 Å². The fourth-order valence-corrected chi connectivity index (χ4v) is 5.07. The molecule has 2 aliphatic heterocycles. The third-order valence-corrected chi connectivity index (χ3v) is 7.45. The van der Waals surface area contributed by atoms with Gasteiger partial charge in [0, 0.05) is 65.4 Å². The number of carbonyl (C=O) groups is 2. The molecular weight excluding hydrogens is 498 g/mol. The Hall–Kier alpha value is -4.07. The van der Waals surface area contributed by atoms with Crippen LogP contribution in [0.25, 0.3) is 12.2 Å². The topological polar surface area (TPSA) is 60.0 Å². The first-order valence-electron chi connectivity index (χ1n) is 14.1. The minimum atomic E-state index is -0.107. The number of benzene rings is 2. The van der Waals surface area contributed by atoms with E-state index in [9.17, 15) is 9.59 Å². The molecule has 0 unspecified atom stereocenters. The number of rotatable bonds is 8. The van der Waals surface area contributed by atoms with Gasteiger partial charge in [0.1, 0.15) is 11.4 Å². The Kier molecular flexibility index (Phi) is 9.50. The highest BCUT2D eigenvalue weighted by Crippen LogP contribution is 2.12. The summed E-state index contributed by atoms with van der Waals surface area (Å²) < 4.78 is 0. The van der Waals surface area contributed by atoms with Gasteiger partial charge in [-0.05, 0) is 23.3 Å². The van der Waals surface area contributed by atoms with Gasteiger partial charge in [0.25, 0.3) is 11.8 Å². The highest BCUT2D eigenvalue weighted by molar-refractivity contribution is 5.96. The van der Waals surface area contributed by atoms with E-state index in [1.807, 2.05) is 46.2 Å². The molecule has 3 aromatic rings. The second kappa shape index (κ2) is 13.8. The van der Waals surface area contributed by atoms with E-state index in [0.29, 0.717) is 37.6 Å². The average molecular weight is 536 g/mol. The largest absolute Gasteiger partial charge is 0.335 e. The number of amides is 2. The highest BCUT2D eigenvalue weighted by Gasteiger charge is 2.26. The fourth-order valence-electron chi connectivity index (χ4n) is 5.07. The molecule has 40 heavy (non-hydrogen) atoms. The van der Waals surface area contributed by atoms with Crippen LogP contribution in [0.5, 0.6) is 0 Å². The zero-order chi connectivity index (χ0) is 27.6. The van der Waals surface area contributed by atoms with Gasteiger partial charge in [-0.3, -0.25) is 19.4 Å². The monoisotopic (exact) mass is 535 g/mol. The molecule has 206 valence electrons. The average Bonchev–Trinajstić information content (AvgIpc) is 3.02. The zero-order valence-electron chi connectivity index (χ0n) is 22.9. The number of carbonyl (C=O) groups excluding carboxylic acids is 2. The van der Waals surface area contributed by atoms with Gasteiger partial charge in [-0.2, -0.15) is 0 Å². The molecule has 0 atom stereocenters. The molecule has 0 aliphatic carbocycles. The van der Waals surface area contributed by atoms with E-state index in [-0.39, 0.29) is 11.8 Å². The zero-order valence-corrected chi connectivity index (χ0v) is 22.9. The van der Waals surface area contributed by atoms with Crippen molar-refractivity contribution in [3.05, 3.63) is 114 Å². The van der Waals surface area contributed by atoms with E-state index < -0.39 is 0 Å². The van der Waals surface area contributed by atoms with Crippen LogP contribution in [0.4, 0.5) is 0 Å². The van der Waals surface area contributed by atoms with Crippen molar-refractivity contribution in [2.75, 3.05) is 65.4 Å². The normalized spacial score (nSPS) is 17.1. The van der Waals surface area contributed by atoms with Crippen molar-refractivity contribution in [1.29, 1.82) is 0 Å². The molecule has 7 heteroatoms. The first kappa shape index (κ1) is 27.5. The first-order chi connectivity index (χ1) is 19.7. The minimum Gasteiger partial charge on any atom is -0.335 e. The summed E-state index contributed by atoms with van der Waals surface area (Å²) in [6, 6.07) is 25.7. The van der Waals surface area contributed by atoms with Gasteiger partial charge in [-0.1, -0.05) is 91.0 Å². The fraction of sp³-hybridized carbons (Fsp3) is 0.303. The summed E-state index contributed by atoms with van der Waals surface area (Å²) in [4.78, 5) is 39.3. The number of hydrogen-bond acceptors (Lipinski definition) is 5. The van der Waals surface area contributed by atoms with Crippen LogP contribution in [0.2, 0.25) is 0 Å². The first-order valence-corrected chi connectivity index (χ1v) is 14.1. The Morgan fingerprint density at radius 1 is 0.550 bits per heavy atom. The third kappa shape index (κ3) is 7.52. The van der Waals surface area contributed by atoms with E-state index in [1.54, 1.807) is 18.2 Å². The predicted molar refractivity (Wildman–Crippen MR) is 160 cm³/mol. The number of aromatic nitrogens is 1. The molecule has 2 aromatic carbocycles. The van der Waals surface area contributed by atoms with Crippen LogP contribution in [0.15, 0.2) is 91.0 Å². The van der Waals surface area contributed by atoms with Crippen molar-refractivity contribution >= 4 is 24.0 Å². The summed E-state index contributed by atoms with van der Waals surface area (Å²) in [6.45, 7) is 7.57. The van der Waals surface area contributed by atoms with Crippen LogP contribution in [0.1, 0.15) is 32.1 Å². The lowest BCUT2D eigenvalue weighted by molar-refractivity contribution is 0.0636. The highest BCUT2D eigenvalue weighted by atomic mass is 16.2. The quantitative estimate of drug-likeness (QED) is 0.436. The van der Waals surface area contributed by atoms with Crippen molar-refractivity contribution in [3.8, 4) is 0 Å². The lowest BCUT2D eigenvalue weighted by atomic mass is 10.2. The van der Waals surface area contributed by atoms with Crippen molar-refractivity contribution in [3.63, 3.8) is 0 Å². The van der Waals surface area contributed by atoms with Crippen LogP contribution in [0.3, 0.4) is 0 Å². The third-order valence-electron chi connectivity index (χ3n) is 7.45.